The van der Waals surface area contributed by atoms with E-state index in [9.17, 15) is 9.90 Å². The standard InChI is InChI=1S/C12H22N2O2S/c1-3-9(10(13)17)11(15)14-7-4-5-12(2,16)6-8-14/h9,16H,3-8H2,1-2H3,(H2,13,17). The number of nitrogens with two attached hydrogens (primary N) is 1. The van der Waals surface area contributed by atoms with Crippen molar-refractivity contribution in [1.29, 1.82) is 0 Å². The topological polar surface area (TPSA) is 66.6 Å². The highest BCUT2D eigenvalue weighted by Crippen LogP contribution is 2.22. The number of carbonyl (C=O) groups is 1. The Bertz CT molecular complexity index is 305. The lowest BCUT2D eigenvalue weighted by Crippen LogP contribution is -2.42. The second-order valence-corrected chi connectivity index (χ2v) is 5.51. The van der Waals surface area contributed by atoms with Crippen LogP contribution in [0, 0.1) is 5.92 Å². The van der Waals surface area contributed by atoms with Gasteiger partial charge in [-0.25, -0.2) is 0 Å². The summed E-state index contributed by atoms with van der Waals surface area (Å²) in [5, 5.41) is 9.97. The number of rotatable bonds is 3. The molecule has 2 unspecified atom stereocenters. The molecule has 98 valence electrons. The Morgan fingerprint density at radius 1 is 1.53 bits per heavy atom. The fourth-order valence-corrected chi connectivity index (χ4v) is 2.47. The minimum absolute atomic E-state index is 0.0118. The van der Waals surface area contributed by atoms with Crippen molar-refractivity contribution in [3.05, 3.63) is 0 Å². The van der Waals surface area contributed by atoms with E-state index in [-0.39, 0.29) is 16.8 Å². The predicted octanol–water partition coefficient (Wildman–Crippen LogP) is 1.06. The predicted molar refractivity (Wildman–Crippen MR) is 71.6 cm³/mol. The molecule has 1 saturated heterocycles. The zero-order valence-corrected chi connectivity index (χ0v) is 11.4. The smallest absolute Gasteiger partial charge is 0.232 e. The third-order valence-electron chi connectivity index (χ3n) is 3.43. The first-order chi connectivity index (χ1) is 7.87. The summed E-state index contributed by atoms with van der Waals surface area (Å²) >= 11 is 4.92. The average Bonchev–Trinajstić information content (AvgIpc) is 2.39. The summed E-state index contributed by atoms with van der Waals surface area (Å²) in [6.45, 7) is 5.01. The number of amides is 1. The number of likely N-dealkylation sites (tertiary alicyclic amines) is 1. The molecule has 0 aliphatic carbocycles. The normalized spacial score (nSPS) is 27.4. The van der Waals surface area contributed by atoms with Crippen LogP contribution < -0.4 is 5.73 Å². The van der Waals surface area contributed by atoms with Crippen LogP contribution in [0.4, 0.5) is 0 Å². The SMILES string of the molecule is CCC(C(=O)N1CCCC(C)(O)CC1)C(N)=S. The molecular weight excluding hydrogens is 236 g/mol. The Kier molecular flexibility index (Phi) is 4.89. The first kappa shape index (κ1) is 14.4. The molecule has 4 nitrogen and oxygen atoms in total. The summed E-state index contributed by atoms with van der Waals surface area (Å²) < 4.78 is 0. The van der Waals surface area contributed by atoms with E-state index >= 15 is 0 Å². The number of aliphatic hydroxyl groups is 1. The van der Waals surface area contributed by atoms with E-state index in [1.54, 1.807) is 4.90 Å². The van der Waals surface area contributed by atoms with Gasteiger partial charge in [-0.05, 0) is 32.6 Å². The Labute approximate surface area is 108 Å². The van der Waals surface area contributed by atoms with Crippen molar-refractivity contribution in [3.63, 3.8) is 0 Å². The van der Waals surface area contributed by atoms with Gasteiger partial charge in [-0.15, -0.1) is 0 Å². The molecule has 0 bridgehead atoms. The molecule has 1 aliphatic rings. The quantitative estimate of drug-likeness (QED) is 0.743. The molecule has 1 aliphatic heterocycles. The van der Waals surface area contributed by atoms with Crippen molar-refractivity contribution < 1.29 is 9.90 Å². The Hall–Kier alpha value is -0.680. The van der Waals surface area contributed by atoms with Gasteiger partial charge in [0, 0.05) is 13.1 Å². The summed E-state index contributed by atoms with van der Waals surface area (Å²) in [6, 6.07) is 0. The zero-order chi connectivity index (χ0) is 13.1. The van der Waals surface area contributed by atoms with Crippen LogP contribution in [0.25, 0.3) is 0 Å². The molecule has 17 heavy (non-hydrogen) atoms. The van der Waals surface area contributed by atoms with E-state index in [0.717, 1.165) is 12.8 Å². The fourth-order valence-electron chi connectivity index (χ4n) is 2.20. The number of carbonyl (C=O) groups excluding carboxylic acids is 1. The summed E-state index contributed by atoms with van der Waals surface area (Å²) in [7, 11) is 0. The molecule has 0 saturated carbocycles. The third-order valence-corrected chi connectivity index (χ3v) is 3.71. The van der Waals surface area contributed by atoms with Gasteiger partial charge in [0.15, 0.2) is 0 Å². The van der Waals surface area contributed by atoms with Gasteiger partial charge in [0.1, 0.15) is 0 Å². The van der Waals surface area contributed by atoms with E-state index in [1.807, 2.05) is 13.8 Å². The maximum atomic E-state index is 12.2. The van der Waals surface area contributed by atoms with Gasteiger partial charge >= 0.3 is 0 Å². The second-order valence-electron chi connectivity index (χ2n) is 5.04. The molecule has 2 atom stereocenters. The molecule has 1 fully saturated rings. The van der Waals surface area contributed by atoms with Crippen LogP contribution >= 0.6 is 12.2 Å². The van der Waals surface area contributed by atoms with E-state index in [1.165, 1.54) is 0 Å². The van der Waals surface area contributed by atoms with E-state index in [4.69, 9.17) is 18.0 Å². The minimum atomic E-state index is -0.653. The maximum absolute atomic E-state index is 12.2. The molecule has 1 heterocycles. The summed E-state index contributed by atoms with van der Waals surface area (Å²) in [5.74, 6) is -0.342. The van der Waals surface area contributed by atoms with Crippen molar-refractivity contribution in [2.24, 2.45) is 11.7 Å². The van der Waals surface area contributed by atoms with Crippen LogP contribution in [0.3, 0.4) is 0 Å². The second kappa shape index (κ2) is 5.78. The van der Waals surface area contributed by atoms with Gasteiger partial charge in [-0.1, -0.05) is 19.1 Å². The largest absolute Gasteiger partial charge is 0.393 e. The van der Waals surface area contributed by atoms with Gasteiger partial charge in [0.2, 0.25) is 5.91 Å². The summed E-state index contributed by atoms with van der Waals surface area (Å²) in [5.41, 5.74) is 4.93. The first-order valence-electron chi connectivity index (χ1n) is 6.18. The Balaban J connectivity index is 2.66. The molecular formula is C12H22N2O2S. The molecule has 0 aromatic heterocycles. The van der Waals surface area contributed by atoms with Gasteiger partial charge in [0.05, 0.1) is 16.5 Å². The van der Waals surface area contributed by atoms with Gasteiger partial charge in [-0.2, -0.15) is 0 Å². The van der Waals surface area contributed by atoms with Crippen molar-refractivity contribution in [2.45, 2.75) is 45.1 Å². The van der Waals surface area contributed by atoms with Gasteiger partial charge in [0.25, 0.3) is 0 Å². The monoisotopic (exact) mass is 258 g/mol. The van der Waals surface area contributed by atoms with E-state index in [2.05, 4.69) is 0 Å². The highest BCUT2D eigenvalue weighted by molar-refractivity contribution is 7.80. The maximum Gasteiger partial charge on any atom is 0.232 e. The molecule has 1 amide bonds. The molecule has 3 N–H and O–H groups in total. The number of thiocarbonyl (C=S) groups is 1. The number of hydrogen-bond donors (Lipinski definition) is 2. The van der Waals surface area contributed by atoms with Crippen LogP contribution in [0.5, 0.6) is 0 Å². The van der Waals surface area contributed by atoms with Crippen LogP contribution in [0.15, 0.2) is 0 Å². The van der Waals surface area contributed by atoms with Crippen molar-refractivity contribution >= 4 is 23.1 Å². The zero-order valence-electron chi connectivity index (χ0n) is 10.6. The average molecular weight is 258 g/mol. The van der Waals surface area contributed by atoms with Gasteiger partial charge < -0.3 is 15.7 Å². The van der Waals surface area contributed by atoms with E-state index in [0.29, 0.717) is 25.9 Å². The summed E-state index contributed by atoms with van der Waals surface area (Å²) in [4.78, 5) is 14.3. The van der Waals surface area contributed by atoms with Crippen molar-refractivity contribution in [1.82, 2.24) is 4.90 Å². The lowest BCUT2D eigenvalue weighted by Gasteiger charge is -2.25. The van der Waals surface area contributed by atoms with E-state index < -0.39 is 5.60 Å². The van der Waals surface area contributed by atoms with Crippen molar-refractivity contribution in [3.8, 4) is 0 Å². The van der Waals surface area contributed by atoms with Crippen LogP contribution in [0.1, 0.15) is 39.5 Å². The molecule has 0 spiro atoms. The number of nitrogens with zero attached hydrogens (tertiary/aromatic N) is 1. The highest BCUT2D eigenvalue weighted by atomic mass is 32.1. The fraction of sp³-hybridized carbons (Fsp3) is 0.833. The first-order valence-corrected chi connectivity index (χ1v) is 6.58. The lowest BCUT2D eigenvalue weighted by molar-refractivity contribution is -0.133. The van der Waals surface area contributed by atoms with Gasteiger partial charge in [-0.3, -0.25) is 4.79 Å². The summed E-state index contributed by atoms with van der Waals surface area (Å²) in [6.07, 6.45) is 2.82. The molecule has 0 aromatic rings. The lowest BCUT2D eigenvalue weighted by atomic mass is 9.98. The third kappa shape index (κ3) is 3.92. The molecule has 1 rings (SSSR count). The Morgan fingerprint density at radius 2 is 2.18 bits per heavy atom. The van der Waals surface area contributed by atoms with Crippen LogP contribution in [-0.4, -0.2) is 39.6 Å². The Morgan fingerprint density at radius 3 is 2.71 bits per heavy atom. The highest BCUT2D eigenvalue weighted by Gasteiger charge is 2.30. The van der Waals surface area contributed by atoms with Crippen LogP contribution in [-0.2, 0) is 4.79 Å². The number of hydrogen-bond acceptors (Lipinski definition) is 3. The van der Waals surface area contributed by atoms with Crippen molar-refractivity contribution in [2.75, 3.05) is 13.1 Å². The molecule has 5 heteroatoms. The minimum Gasteiger partial charge on any atom is -0.393 e. The van der Waals surface area contributed by atoms with Crippen LogP contribution in [0.2, 0.25) is 0 Å². The molecule has 0 aromatic carbocycles. The molecule has 0 radical (unpaired) electrons.